The van der Waals surface area contributed by atoms with E-state index in [1.165, 1.54) is 0 Å². The predicted molar refractivity (Wildman–Crippen MR) is 65.0 cm³/mol. The predicted octanol–water partition coefficient (Wildman–Crippen LogP) is 1.02. The van der Waals surface area contributed by atoms with Crippen LogP contribution in [-0.4, -0.2) is 30.9 Å². The molecule has 1 N–H and O–H groups in total. The fourth-order valence-corrected chi connectivity index (χ4v) is 1.71. The van der Waals surface area contributed by atoms with Crippen LogP contribution in [0.1, 0.15) is 13.3 Å². The molecule has 0 aliphatic carbocycles. The lowest BCUT2D eigenvalue weighted by Gasteiger charge is -2.05. The summed E-state index contributed by atoms with van der Waals surface area (Å²) in [6.45, 7) is 1.77. The van der Waals surface area contributed by atoms with Gasteiger partial charge in [-0.15, -0.1) is 5.10 Å². The topological polar surface area (TPSA) is 85.1 Å². The first kappa shape index (κ1) is 10.6. The number of anilines is 1. The summed E-state index contributed by atoms with van der Waals surface area (Å²) < 4.78 is 1.56. The summed E-state index contributed by atoms with van der Waals surface area (Å²) in [4.78, 5) is 15.8. The van der Waals surface area contributed by atoms with Crippen molar-refractivity contribution < 1.29 is 4.79 Å². The van der Waals surface area contributed by atoms with Gasteiger partial charge in [0.15, 0.2) is 5.82 Å². The average Bonchev–Trinajstić information content (AvgIpc) is 2.88. The Morgan fingerprint density at radius 2 is 2.22 bits per heavy atom. The number of fused-ring (bicyclic) bond motifs is 3. The van der Waals surface area contributed by atoms with Crippen molar-refractivity contribution in [1.82, 2.24) is 25.0 Å². The van der Waals surface area contributed by atoms with E-state index >= 15 is 0 Å². The molecule has 0 spiro atoms. The summed E-state index contributed by atoms with van der Waals surface area (Å²) in [5.74, 6) is 0.258. The SMILES string of the molecule is CCC(=O)Nc1nc2ccccc2n2nnnc12. The highest BCUT2D eigenvalue weighted by Crippen LogP contribution is 2.18. The maximum absolute atomic E-state index is 11.5. The molecule has 90 valence electrons. The molecule has 0 radical (unpaired) electrons. The Hall–Kier alpha value is -2.57. The van der Waals surface area contributed by atoms with Crippen LogP contribution in [0, 0.1) is 0 Å². The zero-order chi connectivity index (χ0) is 12.5. The van der Waals surface area contributed by atoms with Gasteiger partial charge in [-0.2, -0.15) is 4.52 Å². The van der Waals surface area contributed by atoms with Gasteiger partial charge in [0.2, 0.25) is 11.6 Å². The minimum Gasteiger partial charge on any atom is -0.307 e. The molecule has 2 heterocycles. The highest BCUT2D eigenvalue weighted by molar-refractivity contribution is 5.94. The number of tetrazole rings is 1. The molecule has 18 heavy (non-hydrogen) atoms. The molecule has 2 aromatic heterocycles. The van der Waals surface area contributed by atoms with Gasteiger partial charge < -0.3 is 5.32 Å². The largest absolute Gasteiger partial charge is 0.307 e. The fourth-order valence-electron chi connectivity index (χ4n) is 1.71. The summed E-state index contributed by atoms with van der Waals surface area (Å²) in [5, 5.41) is 14.1. The van der Waals surface area contributed by atoms with Crippen LogP contribution < -0.4 is 5.32 Å². The molecule has 0 aliphatic heterocycles. The molecule has 3 rings (SSSR count). The van der Waals surface area contributed by atoms with Crippen molar-refractivity contribution in [2.75, 3.05) is 5.32 Å². The first-order valence-corrected chi connectivity index (χ1v) is 5.56. The standard InChI is InChI=1S/C11H10N6O/c1-2-9(18)13-10-11-14-15-16-17(11)8-6-4-3-5-7(8)12-10/h3-6H,2H2,1H3,(H,12,13,18). The van der Waals surface area contributed by atoms with E-state index in [1.54, 1.807) is 11.4 Å². The van der Waals surface area contributed by atoms with Gasteiger partial charge in [0, 0.05) is 6.42 Å². The van der Waals surface area contributed by atoms with E-state index in [-0.39, 0.29) is 5.91 Å². The quantitative estimate of drug-likeness (QED) is 0.725. The van der Waals surface area contributed by atoms with E-state index in [0.29, 0.717) is 17.9 Å². The molecule has 7 heteroatoms. The summed E-state index contributed by atoms with van der Waals surface area (Å²) in [7, 11) is 0. The number of benzene rings is 1. The molecule has 0 saturated heterocycles. The lowest BCUT2D eigenvalue weighted by atomic mass is 10.3. The molecular weight excluding hydrogens is 232 g/mol. The fraction of sp³-hybridized carbons (Fsp3) is 0.182. The van der Waals surface area contributed by atoms with Crippen LogP contribution in [0.4, 0.5) is 5.82 Å². The average molecular weight is 242 g/mol. The van der Waals surface area contributed by atoms with Crippen molar-refractivity contribution in [3.05, 3.63) is 24.3 Å². The second-order valence-electron chi connectivity index (χ2n) is 3.77. The number of hydrogen-bond acceptors (Lipinski definition) is 5. The molecule has 0 bridgehead atoms. The zero-order valence-corrected chi connectivity index (χ0v) is 9.66. The molecular formula is C11H10N6O. The first-order chi connectivity index (χ1) is 8.79. The first-order valence-electron chi connectivity index (χ1n) is 5.56. The number of rotatable bonds is 2. The van der Waals surface area contributed by atoms with Gasteiger partial charge in [0.25, 0.3) is 0 Å². The third kappa shape index (κ3) is 1.56. The number of hydrogen-bond donors (Lipinski definition) is 1. The Labute approximate surface area is 102 Å². The highest BCUT2D eigenvalue weighted by Gasteiger charge is 2.12. The summed E-state index contributed by atoms with van der Waals surface area (Å²) in [6.07, 6.45) is 0.377. The molecule has 1 amide bonds. The molecule has 0 saturated carbocycles. The van der Waals surface area contributed by atoms with Gasteiger partial charge in [-0.05, 0) is 22.6 Å². The Morgan fingerprint density at radius 3 is 3.06 bits per heavy atom. The second kappa shape index (κ2) is 4.02. The lowest BCUT2D eigenvalue weighted by Crippen LogP contribution is -2.12. The van der Waals surface area contributed by atoms with Crippen LogP contribution in [0.2, 0.25) is 0 Å². The normalized spacial score (nSPS) is 10.9. The van der Waals surface area contributed by atoms with Crippen LogP contribution >= 0.6 is 0 Å². The Balaban J connectivity index is 2.28. The third-order valence-electron chi connectivity index (χ3n) is 2.60. The van der Waals surface area contributed by atoms with Crippen LogP contribution in [0.15, 0.2) is 24.3 Å². The molecule has 7 nitrogen and oxygen atoms in total. The monoisotopic (exact) mass is 242 g/mol. The van der Waals surface area contributed by atoms with Crippen molar-refractivity contribution in [1.29, 1.82) is 0 Å². The molecule has 3 aromatic rings. The van der Waals surface area contributed by atoms with Crippen LogP contribution in [0.25, 0.3) is 16.7 Å². The summed E-state index contributed by atoms with van der Waals surface area (Å²) in [5.41, 5.74) is 1.96. The summed E-state index contributed by atoms with van der Waals surface area (Å²) in [6, 6.07) is 7.47. The van der Waals surface area contributed by atoms with Crippen molar-refractivity contribution in [2.24, 2.45) is 0 Å². The van der Waals surface area contributed by atoms with Crippen LogP contribution in [0.5, 0.6) is 0 Å². The smallest absolute Gasteiger partial charge is 0.225 e. The number of nitrogens with zero attached hydrogens (tertiary/aromatic N) is 5. The van der Waals surface area contributed by atoms with Gasteiger partial charge in [0.1, 0.15) is 0 Å². The van der Waals surface area contributed by atoms with Crippen LogP contribution in [-0.2, 0) is 4.79 Å². The molecule has 0 fully saturated rings. The Kier molecular flexibility index (Phi) is 2.36. The molecule has 0 aliphatic rings. The molecule has 0 unspecified atom stereocenters. The maximum atomic E-state index is 11.5. The van der Waals surface area contributed by atoms with E-state index in [1.807, 2.05) is 24.3 Å². The van der Waals surface area contributed by atoms with Crippen molar-refractivity contribution in [2.45, 2.75) is 13.3 Å². The Morgan fingerprint density at radius 1 is 1.39 bits per heavy atom. The molecule has 0 atom stereocenters. The minimum absolute atomic E-state index is 0.123. The van der Waals surface area contributed by atoms with Crippen molar-refractivity contribution in [3.8, 4) is 0 Å². The van der Waals surface area contributed by atoms with E-state index in [2.05, 4.69) is 25.8 Å². The molecule has 1 aromatic carbocycles. The summed E-state index contributed by atoms with van der Waals surface area (Å²) >= 11 is 0. The van der Waals surface area contributed by atoms with E-state index in [9.17, 15) is 4.79 Å². The lowest BCUT2D eigenvalue weighted by molar-refractivity contribution is -0.115. The third-order valence-corrected chi connectivity index (χ3v) is 2.60. The van der Waals surface area contributed by atoms with E-state index < -0.39 is 0 Å². The number of nitrogens with one attached hydrogen (secondary N) is 1. The number of aromatic nitrogens is 5. The number of carbonyl (C=O) groups excluding carboxylic acids is 1. The van der Waals surface area contributed by atoms with Gasteiger partial charge >= 0.3 is 0 Å². The van der Waals surface area contributed by atoms with Crippen molar-refractivity contribution >= 4 is 28.4 Å². The van der Waals surface area contributed by atoms with E-state index in [0.717, 1.165) is 11.0 Å². The van der Waals surface area contributed by atoms with Gasteiger partial charge in [-0.25, -0.2) is 4.98 Å². The van der Waals surface area contributed by atoms with Crippen molar-refractivity contribution in [3.63, 3.8) is 0 Å². The Bertz CT molecular complexity index is 735. The van der Waals surface area contributed by atoms with Gasteiger partial charge in [0.05, 0.1) is 11.0 Å². The second-order valence-corrected chi connectivity index (χ2v) is 3.77. The van der Waals surface area contributed by atoms with Gasteiger partial charge in [-0.3, -0.25) is 4.79 Å². The number of para-hydroxylation sites is 2. The minimum atomic E-state index is -0.123. The maximum Gasteiger partial charge on any atom is 0.225 e. The highest BCUT2D eigenvalue weighted by atomic mass is 16.1. The van der Waals surface area contributed by atoms with E-state index in [4.69, 9.17) is 0 Å². The van der Waals surface area contributed by atoms with Gasteiger partial charge in [-0.1, -0.05) is 19.1 Å². The number of amides is 1. The zero-order valence-electron chi connectivity index (χ0n) is 9.66. The number of carbonyl (C=O) groups is 1. The van der Waals surface area contributed by atoms with Crippen LogP contribution in [0.3, 0.4) is 0 Å².